The first-order valence-electron chi connectivity index (χ1n) is 20.8. The van der Waals surface area contributed by atoms with Crippen LogP contribution in [0.4, 0.5) is 0 Å². The Kier molecular flexibility index (Phi) is 12.0. The van der Waals surface area contributed by atoms with Gasteiger partial charge >= 0.3 is 316 Å². The number of benzene rings is 1. The number of rotatable bonds is 22. The summed E-state index contributed by atoms with van der Waals surface area (Å²) >= 11 is 1.69. The molecule has 0 radical (unpaired) electrons. The fraction of sp³-hybridized carbons (Fsp3) is 0.545. The van der Waals surface area contributed by atoms with Crippen LogP contribution < -0.4 is 11.1 Å². The van der Waals surface area contributed by atoms with E-state index in [0.717, 1.165) is 65.5 Å². The number of hydrogen-bond donors (Lipinski definition) is 0. The zero-order valence-corrected chi connectivity index (χ0v) is 35.9. The summed E-state index contributed by atoms with van der Waals surface area (Å²) < 4.78 is 10.1. The number of fused-ring (bicyclic) bond motifs is 8. The van der Waals surface area contributed by atoms with Crippen LogP contribution in [-0.2, 0) is 12.8 Å². The molecule has 8 rings (SSSR count). The number of imidazole rings is 2. The summed E-state index contributed by atoms with van der Waals surface area (Å²) in [5.74, 6) is 0. The number of aromatic nitrogens is 4. The summed E-state index contributed by atoms with van der Waals surface area (Å²) in [7, 11) is 0. The molecule has 0 atom stereocenters. The number of unbranched alkanes of at least 4 members (excludes halogenated alkanes) is 18. The molecule has 0 bridgehead atoms. The Labute approximate surface area is 328 Å². The predicted molar refractivity (Wildman–Crippen MR) is 229 cm³/mol. The van der Waals surface area contributed by atoms with Crippen molar-refractivity contribution in [3.8, 4) is 0 Å². The van der Waals surface area contributed by atoms with Crippen molar-refractivity contribution in [2.45, 2.75) is 155 Å². The van der Waals surface area contributed by atoms with E-state index in [1.165, 1.54) is 149 Å². The molecular formula is C44H54N4O2SSe2. The van der Waals surface area contributed by atoms with E-state index in [9.17, 15) is 9.59 Å². The zero-order valence-electron chi connectivity index (χ0n) is 31.7. The molecule has 7 aromatic heterocycles. The van der Waals surface area contributed by atoms with Crippen LogP contribution in [0, 0.1) is 0 Å². The van der Waals surface area contributed by atoms with E-state index in [0.29, 0.717) is 9.40 Å². The van der Waals surface area contributed by atoms with Crippen molar-refractivity contribution in [3.63, 3.8) is 0 Å². The van der Waals surface area contributed by atoms with Gasteiger partial charge in [0.2, 0.25) is 0 Å². The van der Waals surface area contributed by atoms with Crippen molar-refractivity contribution >= 4 is 102 Å². The molecule has 9 heteroatoms. The van der Waals surface area contributed by atoms with E-state index in [4.69, 9.17) is 9.97 Å². The Morgan fingerprint density at radius 3 is 1.26 bits per heavy atom. The van der Waals surface area contributed by atoms with Gasteiger partial charge in [-0.05, 0) is 0 Å². The van der Waals surface area contributed by atoms with E-state index in [-0.39, 0.29) is 40.1 Å². The molecule has 0 spiro atoms. The van der Waals surface area contributed by atoms with Crippen LogP contribution >= 0.6 is 11.3 Å². The van der Waals surface area contributed by atoms with E-state index >= 15 is 0 Å². The SMILES string of the molecule is CCCCCCCCCCCCc1cc2c(nc3c4ccc5c6c(sc(c(=O)n23)c46)c(=O)n2c3cc(CCCCCCCCCCCC)[se]c3nc52)[se]1. The Bertz CT molecular complexity index is 2400. The van der Waals surface area contributed by atoms with Crippen LogP contribution in [0.2, 0.25) is 0 Å². The zero-order chi connectivity index (χ0) is 36.3. The van der Waals surface area contributed by atoms with Gasteiger partial charge < -0.3 is 0 Å². The topological polar surface area (TPSA) is 68.7 Å². The molecule has 280 valence electrons. The third-order valence-corrected chi connectivity index (χ3v) is 17.2. The van der Waals surface area contributed by atoms with Gasteiger partial charge in [0.15, 0.2) is 0 Å². The average molecular weight is 861 g/mol. The molecule has 0 saturated heterocycles. The molecule has 0 N–H and O–H groups in total. The fourth-order valence-corrected chi connectivity index (χ4v) is 14.2. The van der Waals surface area contributed by atoms with Crippen LogP contribution in [0.3, 0.4) is 0 Å². The minimum atomic E-state index is -0.0357. The maximum absolute atomic E-state index is 14.3. The molecule has 0 saturated carbocycles. The number of pyridine rings is 2. The maximum atomic E-state index is 14.3. The fourth-order valence-electron chi connectivity index (χ4n) is 8.59. The molecule has 0 unspecified atom stereocenters. The number of thiophene rings is 1. The molecule has 8 aromatic rings. The summed E-state index contributed by atoms with van der Waals surface area (Å²) in [5, 5.41) is 3.74. The standard InChI is InChI=1S/C44H54N4O2SSe2/c1-3-5-7-9-11-13-15-17-19-21-23-29-27-33-41(52-29)45-39-31-25-26-32-36-35(31)37(43(49)47(33)39)51-38(36)44(50)48-34-28-30(53-42(34)46-40(32)48)24-22-20-18-16-14-12-10-8-6-4-2/h25-28H,3-24H2,1-2H3. The molecule has 0 aliphatic carbocycles. The quantitative estimate of drug-likeness (QED) is 0.0387. The van der Waals surface area contributed by atoms with Crippen molar-refractivity contribution in [1.29, 1.82) is 0 Å². The van der Waals surface area contributed by atoms with Crippen molar-refractivity contribution < 1.29 is 0 Å². The van der Waals surface area contributed by atoms with Crippen LogP contribution in [0.5, 0.6) is 0 Å². The normalized spacial score (nSPS) is 12.6. The number of aryl methyl sites for hydroxylation is 2. The third kappa shape index (κ3) is 7.43. The van der Waals surface area contributed by atoms with Gasteiger partial charge in [0.1, 0.15) is 0 Å². The monoisotopic (exact) mass is 862 g/mol. The summed E-state index contributed by atoms with van der Waals surface area (Å²) in [6.07, 6.45) is 29.0. The Morgan fingerprint density at radius 1 is 0.528 bits per heavy atom. The van der Waals surface area contributed by atoms with Crippen LogP contribution in [0.25, 0.3) is 62.1 Å². The molecule has 0 fully saturated rings. The average Bonchev–Trinajstić information content (AvgIpc) is 3.97. The first kappa shape index (κ1) is 37.4. The van der Waals surface area contributed by atoms with Crippen LogP contribution in [0.15, 0.2) is 33.9 Å². The molecule has 0 aliphatic heterocycles. The Hall–Kier alpha value is -2.54. The van der Waals surface area contributed by atoms with Crippen molar-refractivity contribution in [1.82, 2.24) is 18.8 Å². The minimum absolute atomic E-state index is 0.0357. The Balaban J connectivity index is 0.994. The van der Waals surface area contributed by atoms with Gasteiger partial charge in [0.05, 0.1) is 0 Å². The molecule has 0 amide bonds. The second-order valence-electron chi connectivity index (χ2n) is 15.5. The molecule has 1 aromatic carbocycles. The summed E-state index contributed by atoms with van der Waals surface area (Å²) in [4.78, 5) is 38.8. The predicted octanol–water partition coefficient (Wildman–Crippen LogP) is 11.4. The van der Waals surface area contributed by atoms with Gasteiger partial charge in [-0.3, -0.25) is 0 Å². The summed E-state index contributed by atoms with van der Waals surface area (Å²) in [6, 6.07) is 8.76. The molecule has 53 heavy (non-hydrogen) atoms. The van der Waals surface area contributed by atoms with Gasteiger partial charge in [0, 0.05) is 0 Å². The molecule has 7 heterocycles. The second kappa shape index (κ2) is 17.1. The first-order chi connectivity index (χ1) is 26.1. The van der Waals surface area contributed by atoms with E-state index in [1.54, 1.807) is 0 Å². The van der Waals surface area contributed by atoms with Crippen LogP contribution in [-0.4, -0.2) is 47.8 Å². The summed E-state index contributed by atoms with van der Waals surface area (Å²) in [6.45, 7) is 4.56. The molecular weight excluding hydrogens is 806 g/mol. The first-order valence-corrected chi connectivity index (χ1v) is 25.0. The second-order valence-corrected chi connectivity index (χ2v) is 21.2. The van der Waals surface area contributed by atoms with Gasteiger partial charge in [-0.2, -0.15) is 0 Å². The number of hydrogen-bond acceptors (Lipinski definition) is 5. The van der Waals surface area contributed by atoms with Crippen molar-refractivity contribution in [3.05, 3.63) is 53.8 Å². The van der Waals surface area contributed by atoms with E-state index < -0.39 is 0 Å². The summed E-state index contributed by atoms with van der Waals surface area (Å²) in [5.41, 5.74) is 3.36. The van der Waals surface area contributed by atoms with Crippen LogP contribution in [0.1, 0.15) is 151 Å². The molecule has 0 aliphatic rings. The van der Waals surface area contributed by atoms with E-state index in [2.05, 4.69) is 38.1 Å². The Morgan fingerprint density at radius 2 is 0.887 bits per heavy atom. The van der Waals surface area contributed by atoms with Gasteiger partial charge in [-0.15, -0.1) is 0 Å². The number of nitrogens with zero attached hydrogens (tertiary/aromatic N) is 4. The van der Waals surface area contributed by atoms with Crippen molar-refractivity contribution in [2.75, 3.05) is 0 Å². The van der Waals surface area contributed by atoms with Gasteiger partial charge in [0.25, 0.3) is 0 Å². The van der Waals surface area contributed by atoms with Gasteiger partial charge in [-0.1, -0.05) is 13.8 Å². The van der Waals surface area contributed by atoms with E-state index in [1.807, 2.05) is 8.80 Å². The molecule has 6 nitrogen and oxygen atoms in total. The third-order valence-electron chi connectivity index (χ3n) is 11.5. The van der Waals surface area contributed by atoms with Crippen molar-refractivity contribution in [2.24, 2.45) is 0 Å². The van der Waals surface area contributed by atoms with Gasteiger partial charge in [-0.25, -0.2) is 0 Å².